The molecule has 2 N–H and O–H groups in total. The first-order valence-corrected chi connectivity index (χ1v) is 13.1. The maximum Gasteiger partial charge on any atom is 0.573 e. The number of halogens is 5. The van der Waals surface area contributed by atoms with Gasteiger partial charge in [0, 0.05) is 32.1 Å². The molecule has 14 heteroatoms. The molecule has 4 rings (SSSR count). The number of nitrogens with one attached hydrogen (secondary N) is 2. The van der Waals surface area contributed by atoms with E-state index in [1.807, 2.05) is 43.3 Å². The second-order valence-electron chi connectivity index (χ2n) is 8.99. The fourth-order valence-electron chi connectivity index (χ4n) is 4.35. The van der Waals surface area contributed by atoms with Crippen molar-refractivity contribution in [2.75, 3.05) is 30.9 Å². The van der Waals surface area contributed by atoms with Gasteiger partial charge in [-0.2, -0.15) is 4.98 Å². The smallest absolute Gasteiger partial charge is 0.404 e. The molecule has 1 saturated carbocycles. The van der Waals surface area contributed by atoms with Crippen LogP contribution >= 0.6 is 24.8 Å². The van der Waals surface area contributed by atoms with Crippen molar-refractivity contribution in [2.24, 2.45) is 5.92 Å². The van der Waals surface area contributed by atoms with E-state index in [4.69, 9.17) is 0 Å². The van der Waals surface area contributed by atoms with Crippen molar-refractivity contribution in [1.82, 2.24) is 14.7 Å². The number of para-hydroxylation sites is 2. The Morgan fingerprint density at radius 1 is 0.974 bits per heavy atom. The lowest BCUT2D eigenvalue weighted by atomic mass is 9.86. The number of alkyl halides is 3. The van der Waals surface area contributed by atoms with Crippen molar-refractivity contribution in [3.8, 4) is 5.75 Å². The van der Waals surface area contributed by atoms with E-state index in [0.29, 0.717) is 5.95 Å². The normalized spacial score (nSPS) is 17.7. The van der Waals surface area contributed by atoms with Crippen LogP contribution in [0.15, 0.2) is 53.4 Å². The average Bonchev–Trinajstić information content (AvgIpc) is 2.82. The van der Waals surface area contributed by atoms with Gasteiger partial charge >= 0.3 is 6.36 Å². The number of fused-ring (bicyclic) bond motifs is 1. The van der Waals surface area contributed by atoms with Gasteiger partial charge in [-0.15, -0.1) is 38.0 Å². The highest BCUT2D eigenvalue weighted by molar-refractivity contribution is 7.89. The minimum absolute atomic E-state index is 0. The van der Waals surface area contributed by atoms with Crippen LogP contribution < -0.4 is 19.7 Å². The maximum atomic E-state index is 12.7. The van der Waals surface area contributed by atoms with Crippen molar-refractivity contribution < 1.29 is 26.3 Å². The lowest BCUT2D eigenvalue weighted by molar-refractivity contribution is -0.275. The Hall–Kier alpha value is -2.54. The third kappa shape index (κ3) is 7.98. The molecule has 1 heterocycles. The summed E-state index contributed by atoms with van der Waals surface area (Å²) in [5.41, 5.74) is 0.844. The largest absolute Gasteiger partial charge is 0.573 e. The lowest BCUT2D eigenvalue weighted by Gasteiger charge is -2.29. The number of nitrogens with zero attached hydrogens (tertiary/aromatic N) is 3. The van der Waals surface area contributed by atoms with Crippen molar-refractivity contribution in [3.63, 3.8) is 0 Å². The molecule has 1 aliphatic rings. The van der Waals surface area contributed by atoms with E-state index < -0.39 is 27.0 Å². The van der Waals surface area contributed by atoms with E-state index >= 15 is 0 Å². The number of sulfonamides is 1. The summed E-state index contributed by atoms with van der Waals surface area (Å²) in [6, 6.07) is 12.6. The minimum Gasteiger partial charge on any atom is -0.404 e. The van der Waals surface area contributed by atoms with Gasteiger partial charge in [-0.1, -0.05) is 24.3 Å². The molecule has 0 spiro atoms. The van der Waals surface area contributed by atoms with Crippen LogP contribution in [0, 0.1) is 5.92 Å². The number of hydrogen-bond acceptors (Lipinski definition) is 7. The number of ether oxygens (including phenoxy) is 1. The van der Waals surface area contributed by atoms with Gasteiger partial charge in [-0.25, -0.2) is 18.1 Å². The fourth-order valence-corrected chi connectivity index (χ4v) is 5.59. The van der Waals surface area contributed by atoms with Gasteiger partial charge in [0.15, 0.2) is 0 Å². The summed E-state index contributed by atoms with van der Waals surface area (Å²) in [6.45, 7) is 0.132. The molecule has 0 bridgehead atoms. The Kier molecular flexibility index (Phi) is 10.8. The van der Waals surface area contributed by atoms with Gasteiger partial charge in [0.1, 0.15) is 16.5 Å². The summed E-state index contributed by atoms with van der Waals surface area (Å²) >= 11 is 0. The zero-order valence-corrected chi connectivity index (χ0v) is 23.2. The zero-order valence-electron chi connectivity index (χ0n) is 20.7. The number of benzene rings is 2. The predicted molar refractivity (Wildman–Crippen MR) is 146 cm³/mol. The SMILES string of the molecule is CN(C)c1nc(N[C@H]2CC[C@@H](CNS(=O)(=O)c3ccccc3OC(F)(F)F)CC2)nc2ccccc12.Cl.Cl. The molecule has 0 radical (unpaired) electrons. The van der Waals surface area contributed by atoms with Crippen LogP contribution in [0.25, 0.3) is 10.9 Å². The Labute approximate surface area is 232 Å². The molecule has 0 unspecified atom stereocenters. The monoisotopic (exact) mass is 595 g/mol. The molecule has 1 aliphatic carbocycles. The zero-order chi connectivity index (χ0) is 25.9. The average molecular weight is 597 g/mol. The topological polar surface area (TPSA) is 96.5 Å². The second-order valence-corrected chi connectivity index (χ2v) is 10.7. The third-order valence-corrected chi connectivity index (χ3v) is 7.58. The van der Waals surface area contributed by atoms with Gasteiger partial charge in [0.05, 0.1) is 5.52 Å². The molecular formula is C24H30Cl2F3N5O3S. The summed E-state index contributed by atoms with van der Waals surface area (Å²) in [5.74, 6) is 0.671. The van der Waals surface area contributed by atoms with Crippen molar-refractivity contribution >= 4 is 57.5 Å². The van der Waals surface area contributed by atoms with E-state index in [1.54, 1.807) is 0 Å². The van der Waals surface area contributed by atoms with Crippen LogP contribution in [0.1, 0.15) is 25.7 Å². The number of rotatable bonds is 8. The number of anilines is 2. The quantitative estimate of drug-likeness (QED) is 0.360. The second kappa shape index (κ2) is 13.0. The highest BCUT2D eigenvalue weighted by atomic mass is 35.5. The Bertz CT molecular complexity index is 1320. The van der Waals surface area contributed by atoms with Crippen molar-refractivity contribution in [1.29, 1.82) is 0 Å². The number of hydrogen-bond donors (Lipinski definition) is 2. The molecule has 3 aromatic rings. The Morgan fingerprint density at radius 3 is 2.26 bits per heavy atom. The molecule has 0 atom stereocenters. The van der Waals surface area contributed by atoms with Crippen molar-refractivity contribution in [3.05, 3.63) is 48.5 Å². The summed E-state index contributed by atoms with van der Waals surface area (Å²) in [7, 11) is -0.316. The van der Waals surface area contributed by atoms with Gasteiger partial charge in [-0.05, 0) is 55.9 Å². The van der Waals surface area contributed by atoms with E-state index in [1.165, 1.54) is 12.1 Å². The van der Waals surface area contributed by atoms with Gasteiger partial charge in [0.2, 0.25) is 16.0 Å². The van der Waals surface area contributed by atoms with E-state index in [0.717, 1.165) is 54.5 Å². The summed E-state index contributed by atoms with van der Waals surface area (Å²) in [5, 5.41) is 4.37. The van der Waals surface area contributed by atoms with Gasteiger partial charge in [0.25, 0.3) is 0 Å². The first kappa shape index (κ1) is 31.7. The molecule has 38 heavy (non-hydrogen) atoms. The van der Waals surface area contributed by atoms with Crippen LogP contribution in [0.2, 0.25) is 0 Å². The maximum absolute atomic E-state index is 12.7. The summed E-state index contributed by atoms with van der Waals surface area (Å²) in [4.78, 5) is 10.7. The molecule has 8 nitrogen and oxygen atoms in total. The molecule has 1 fully saturated rings. The van der Waals surface area contributed by atoms with Crippen LogP contribution in [0.5, 0.6) is 5.75 Å². The van der Waals surface area contributed by atoms with E-state index in [-0.39, 0.29) is 43.3 Å². The summed E-state index contributed by atoms with van der Waals surface area (Å²) < 4.78 is 69.7. The first-order chi connectivity index (χ1) is 17.0. The fraction of sp³-hybridized carbons (Fsp3) is 0.417. The molecule has 0 saturated heterocycles. The van der Waals surface area contributed by atoms with Gasteiger partial charge in [-0.3, -0.25) is 0 Å². The molecule has 0 aliphatic heterocycles. The van der Waals surface area contributed by atoms with E-state index in [2.05, 4.69) is 24.7 Å². The molecule has 2 aromatic carbocycles. The lowest BCUT2D eigenvalue weighted by Crippen LogP contribution is -2.34. The van der Waals surface area contributed by atoms with Crippen LogP contribution in [0.3, 0.4) is 0 Å². The van der Waals surface area contributed by atoms with Gasteiger partial charge < -0.3 is 15.0 Å². The van der Waals surface area contributed by atoms with Crippen LogP contribution in [-0.2, 0) is 10.0 Å². The van der Waals surface area contributed by atoms with Crippen LogP contribution in [-0.4, -0.2) is 51.4 Å². The van der Waals surface area contributed by atoms with Crippen LogP contribution in [0.4, 0.5) is 24.9 Å². The van der Waals surface area contributed by atoms with E-state index in [9.17, 15) is 21.6 Å². The molecule has 0 amide bonds. The minimum atomic E-state index is -4.99. The third-order valence-electron chi connectivity index (χ3n) is 6.11. The predicted octanol–water partition coefficient (Wildman–Crippen LogP) is 5.39. The summed E-state index contributed by atoms with van der Waals surface area (Å²) in [6.07, 6.45) is -1.93. The molecule has 1 aromatic heterocycles. The highest BCUT2D eigenvalue weighted by Crippen LogP contribution is 2.31. The highest BCUT2D eigenvalue weighted by Gasteiger charge is 2.34. The molecule has 210 valence electrons. The number of aromatic nitrogens is 2. The first-order valence-electron chi connectivity index (χ1n) is 11.6. The molecular weight excluding hydrogens is 566 g/mol. The standard InChI is InChI=1S/C24H28F3N5O3S.2ClH/c1-32(2)22-18-7-3-4-8-19(18)30-23(31-22)29-17-13-11-16(12-14-17)15-28-36(33,34)21-10-6-5-9-20(21)35-24(25,26)27;;/h3-10,16-17,28H,11-15H2,1-2H3,(H,29,30,31);2*1H/t16-,17+;;. The Morgan fingerprint density at radius 2 is 1.61 bits per heavy atom. The Balaban J connectivity index is 0.00000253. The van der Waals surface area contributed by atoms with Crippen molar-refractivity contribution in [2.45, 2.75) is 43.0 Å².